The van der Waals surface area contributed by atoms with Gasteiger partial charge in [0.05, 0.1) is 23.0 Å². The summed E-state index contributed by atoms with van der Waals surface area (Å²) >= 11 is 0. The van der Waals surface area contributed by atoms with E-state index >= 15 is 0 Å². The summed E-state index contributed by atoms with van der Waals surface area (Å²) in [6.45, 7) is 0. The molecule has 6 heterocycles. The Morgan fingerprint density at radius 3 is 1.00 bits per heavy atom. The third-order valence-corrected chi connectivity index (χ3v) is 17.6. The standard InChI is InChI=1S/C14H23NO5S2.C14H23NO3S2/c1-15-13(2-6-21(17,18)7-3-13)10-12(16)11-14(15)4-8-22(19,20)9-5-14;1-15-13(2-6-19(17)7-3-13)10-12(16)11-14(15)4-8-20(18)9-5-14/h2-11H2,1H3;2-11H2,1H3. The van der Waals surface area contributed by atoms with Crippen molar-refractivity contribution >= 4 is 52.8 Å². The maximum absolute atomic E-state index is 12.4. The molecule has 6 saturated heterocycles. The van der Waals surface area contributed by atoms with E-state index in [0.717, 1.165) is 48.7 Å². The molecule has 6 fully saturated rings. The third-order valence-electron chi connectivity index (χ3n) is 11.6. The fraction of sp³-hybridized carbons (Fsp3) is 0.929. The minimum Gasteiger partial charge on any atom is -0.300 e. The van der Waals surface area contributed by atoms with Gasteiger partial charge < -0.3 is 0 Å². The van der Waals surface area contributed by atoms with Crippen LogP contribution in [0.3, 0.4) is 0 Å². The molecule has 0 aliphatic carbocycles. The van der Waals surface area contributed by atoms with Crippen molar-refractivity contribution in [3.05, 3.63) is 0 Å². The number of piperidine rings is 2. The Balaban J connectivity index is 0.000000169. The zero-order chi connectivity index (χ0) is 30.6. The van der Waals surface area contributed by atoms with Gasteiger partial charge in [0.15, 0.2) is 0 Å². The minimum atomic E-state index is -2.99. The number of hydrogen-bond donors (Lipinski definition) is 0. The molecule has 0 saturated carbocycles. The lowest BCUT2D eigenvalue weighted by atomic mass is 9.71. The molecule has 240 valence electrons. The monoisotopic (exact) mass is 666 g/mol. The molecule has 0 bridgehead atoms. The van der Waals surface area contributed by atoms with Crippen molar-refractivity contribution in [2.45, 2.75) is 99.2 Å². The first-order valence-electron chi connectivity index (χ1n) is 15.2. The molecule has 0 N–H and O–H groups in total. The molecule has 0 amide bonds. The zero-order valence-electron chi connectivity index (χ0n) is 24.9. The number of Topliss-reactive ketones (excluding diaryl/α,β-unsaturated/α-hetero) is 2. The number of ketones is 2. The maximum atomic E-state index is 12.4. The average Bonchev–Trinajstić information content (AvgIpc) is 2.93. The van der Waals surface area contributed by atoms with Crippen molar-refractivity contribution in [1.29, 1.82) is 0 Å². The van der Waals surface area contributed by atoms with Gasteiger partial charge in [-0.2, -0.15) is 0 Å². The molecule has 42 heavy (non-hydrogen) atoms. The summed E-state index contributed by atoms with van der Waals surface area (Å²) in [6, 6.07) is 0. The highest BCUT2D eigenvalue weighted by Gasteiger charge is 2.56. The molecular formula is C28H46N2O8S4. The van der Waals surface area contributed by atoms with Crippen LogP contribution in [0.1, 0.15) is 77.0 Å². The molecule has 6 aliphatic heterocycles. The summed E-state index contributed by atoms with van der Waals surface area (Å²) in [7, 11) is -3.28. The summed E-state index contributed by atoms with van der Waals surface area (Å²) in [5.74, 6) is 3.88. The molecule has 0 atom stereocenters. The van der Waals surface area contributed by atoms with Crippen LogP contribution in [0.15, 0.2) is 0 Å². The predicted molar refractivity (Wildman–Crippen MR) is 165 cm³/mol. The number of hydrogen-bond acceptors (Lipinski definition) is 10. The van der Waals surface area contributed by atoms with Gasteiger partial charge in [0, 0.05) is 92.4 Å². The molecule has 0 aromatic rings. The minimum absolute atomic E-state index is 0.0813. The van der Waals surface area contributed by atoms with Crippen LogP contribution in [0.25, 0.3) is 0 Å². The first-order chi connectivity index (χ1) is 19.5. The largest absolute Gasteiger partial charge is 0.300 e. The average molecular weight is 667 g/mol. The van der Waals surface area contributed by atoms with Crippen molar-refractivity contribution in [2.24, 2.45) is 0 Å². The molecule has 0 aromatic heterocycles. The zero-order valence-corrected chi connectivity index (χ0v) is 28.2. The molecule has 6 rings (SSSR count). The van der Waals surface area contributed by atoms with Crippen LogP contribution in [0, 0.1) is 0 Å². The Morgan fingerprint density at radius 2 is 0.738 bits per heavy atom. The second-order valence-electron chi connectivity index (χ2n) is 13.8. The lowest BCUT2D eigenvalue weighted by Crippen LogP contribution is -2.67. The molecular weight excluding hydrogens is 621 g/mol. The van der Waals surface area contributed by atoms with Crippen molar-refractivity contribution < 1.29 is 34.8 Å². The summed E-state index contributed by atoms with van der Waals surface area (Å²) in [5.41, 5.74) is -0.965. The van der Waals surface area contributed by atoms with Gasteiger partial charge >= 0.3 is 0 Å². The van der Waals surface area contributed by atoms with Crippen molar-refractivity contribution in [3.8, 4) is 0 Å². The Morgan fingerprint density at radius 1 is 0.500 bits per heavy atom. The smallest absolute Gasteiger partial charge is 0.150 e. The Kier molecular flexibility index (Phi) is 9.13. The fourth-order valence-electron chi connectivity index (χ4n) is 8.63. The number of sulfone groups is 2. The molecule has 4 spiro atoms. The van der Waals surface area contributed by atoms with Gasteiger partial charge in [-0.3, -0.25) is 27.8 Å². The van der Waals surface area contributed by atoms with Gasteiger partial charge in [0.25, 0.3) is 0 Å². The maximum Gasteiger partial charge on any atom is 0.150 e. The van der Waals surface area contributed by atoms with Crippen LogP contribution in [0.5, 0.6) is 0 Å². The van der Waals surface area contributed by atoms with Gasteiger partial charge in [-0.25, -0.2) is 16.8 Å². The highest BCUT2D eigenvalue weighted by molar-refractivity contribution is 7.91. The summed E-state index contributed by atoms with van der Waals surface area (Å²) in [5, 5.41) is 0. The number of likely N-dealkylation sites (tertiary alicyclic amines) is 2. The van der Waals surface area contributed by atoms with E-state index in [4.69, 9.17) is 0 Å². The van der Waals surface area contributed by atoms with Crippen molar-refractivity contribution in [2.75, 3.05) is 60.1 Å². The highest BCUT2D eigenvalue weighted by atomic mass is 32.2. The van der Waals surface area contributed by atoms with Crippen molar-refractivity contribution in [1.82, 2.24) is 9.80 Å². The predicted octanol–water partition coefficient (Wildman–Crippen LogP) is 1.02. The first-order valence-corrected chi connectivity index (χ1v) is 21.8. The van der Waals surface area contributed by atoms with Crippen LogP contribution in [-0.2, 0) is 50.9 Å². The van der Waals surface area contributed by atoms with Crippen LogP contribution >= 0.6 is 0 Å². The molecule has 14 heteroatoms. The number of carbonyl (C=O) groups is 2. The van der Waals surface area contributed by atoms with Crippen LogP contribution in [0.2, 0.25) is 0 Å². The van der Waals surface area contributed by atoms with Crippen LogP contribution < -0.4 is 0 Å². The van der Waals surface area contributed by atoms with Gasteiger partial charge in [0.2, 0.25) is 0 Å². The molecule has 0 radical (unpaired) electrons. The van der Waals surface area contributed by atoms with E-state index < -0.39 is 52.4 Å². The molecule has 0 unspecified atom stereocenters. The van der Waals surface area contributed by atoms with Crippen LogP contribution in [0.4, 0.5) is 0 Å². The normalized spacial score (nSPS) is 39.7. The van der Waals surface area contributed by atoms with E-state index in [1.807, 2.05) is 7.05 Å². The lowest BCUT2D eigenvalue weighted by molar-refractivity contribution is -0.138. The third kappa shape index (κ3) is 6.41. The van der Waals surface area contributed by atoms with E-state index in [1.165, 1.54) is 0 Å². The lowest BCUT2D eigenvalue weighted by Gasteiger charge is -2.58. The van der Waals surface area contributed by atoms with E-state index in [1.54, 1.807) is 0 Å². The highest BCUT2D eigenvalue weighted by Crippen LogP contribution is 2.48. The van der Waals surface area contributed by atoms with Gasteiger partial charge in [-0.05, 0) is 65.5 Å². The Bertz CT molecular complexity index is 1230. The van der Waals surface area contributed by atoms with Crippen molar-refractivity contribution in [3.63, 3.8) is 0 Å². The summed E-state index contributed by atoms with van der Waals surface area (Å²) in [4.78, 5) is 29.3. The van der Waals surface area contributed by atoms with Crippen LogP contribution in [-0.4, -0.2) is 129 Å². The first kappa shape index (κ1) is 32.8. The summed E-state index contributed by atoms with van der Waals surface area (Å²) < 4.78 is 70.3. The summed E-state index contributed by atoms with van der Waals surface area (Å²) in [6.07, 6.45) is 7.41. The van der Waals surface area contributed by atoms with Gasteiger partial charge in [-0.15, -0.1) is 0 Å². The second kappa shape index (κ2) is 11.7. The SMILES string of the molecule is CN1C2(CCS(=O)(=O)CC2)CC(=O)CC12CCS(=O)(=O)CC2.CN1C2(CCS(=O)CC2)CC(=O)CC12CCS(=O)CC2. The Hall–Kier alpha value is -0.540. The number of rotatable bonds is 0. The number of nitrogens with zero attached hydrogens (tertiary/aromatic N) is 2. The second-order valence-corrected chi connectivity index (χ2v) is 21.8. The molecule has 6 aliphatic rings. The molecule has 0 aromatic carbocycles. The Labute approximate surface area is 255 Å². The number of carbonyl (C=O) groups excluding carboxylic acids is 2. The van der Waals surface area contributed by atoms with E-state index in [9.17, 15) is 34.8 Å². The fourth-order valence-corrected chi connectivity index (χ4v) is 14.6. The van der Waals surface area contributed by atoms with E-state index in [2.05, 4.69) is 16.8 Å². The van der Waals surface area contributed by atoms with E-state index in [0.29, 0.717) is 57.1 Å². The topological polar surface area (TPSA) is 143 Å². The van der Waals surface area contributed by atoms with E-state index in [-0.39, 0.29) is 39.9 Å². The quantitative estimate of drug-likeness (QED) is 0.368. The van der Waals surface area contributed by atoms with Gasteiger partial charge in [0.1, 0.15) is 31.2 Å². The molecule has 10 nitrogen and oxygen atoms in total. The van der Waals surface area contributed by atoms with Gasteiger partial charge in [-0.1, -0.05) is 0 Å².